The van der Waals surface area contributed by atoms with Gasteiger partial charge in [-0.05, 0) is 23.1 Å². The minimum atomic E-state index is -0.977. The van der Waals surface area contributed by atoms with Crippen molar-refractivity contribution in [2.75, 3.05) is 33.5 Å². The van der Waals surface area contributed by atoms with Gasteiger partial charge < -0.3 is 37.9 Å². The van der Waals surface area contributed by atoms with Crippen LogP contribution in [-0.4, -0.2) is 76.3 Å². The first-order valence-corrected chi connectivity index (χ1v) is 22.0. The van der Waals surface area contributed by atoms with Crippen molar-refractivity contribution in [2.24, 2.45) is 0 Å². The zero-order chi connectivity index (χ0) is 40.9. The maximum Gasteiger partial charge on any atom is 0.303 e. The second kappa shape index (κ2) is 30.0. The Morgan fingerprint density at radius 3 is 1.55 bits per heavy atom. The predicted molar refractivity (Wildman–Crippen MR) is 228 cm³/mol. The van der Waals surface area contributed by atoms with Crippen LogP contribution in [0.5, 0.6) is 0 Å². The van der Waals surface area contributed by atoms with Crippen LogP contribution in [0.25, 0.3) is 0 Å². The topological polar surface area (TPSA) is 90.9 Å². The van der Waals surface area contributed by atoms with Gasteiger partial charge in [-0.25, -0.2) is 0 Å². The van der Waals surface area contributed by atoms with Crippen molar-refractivity contribution in [3.8, 4) is 0 Å². The summed E-state index contributed by atoms with van der Waals surface area (Å²) in [6.07, 6.45) is 14.2. The van der Waals surface area contributed by atoms with Gasteiger partial charge in [0.1, 0.15) is 24.4 Å². The fraction of sp³-hybridized carbons (Fsp3) is 0.612. The van der Waals surface area contributed by atoms with Gasteiger partial charge in [0.05, 0.1) is 39.6 Å². The van der Waals surface area contributed by atoms with E-state index in [2.05, 4.69) is 6.92 Å². The van der Waals surface area contributed by atoms with Gasteiger partial charge in [0, 0.05) is 20.6 Å². The molecule has 3 aromatic rings. The van der Waals surface area contributed by atoms with E-state index in [-0.39, 0.29) is 25.9 Å². The van der Waals surface area contributed by atoms with Gasteiger partial charge in [-0.3, -0.25) is 4.79 Å². The highest BCUT2D eigenvalue weighted by Gasteiger charge is 2.50. The Bertz CT molecular complexity index is 1430. The molecule has 0 radical (unpaired) electrons. The molecule has 1 fully saturated rings. The Balaban J connectivity index is 1.31. The number of rotatable bonds is 32. The van der Waals surface area contributed by atoms with E-state index in [0.29, 0.717) is 26.4 Å². The first kappa shape index (κ1) is 47.5. The molecule has 1 aliphatic heterocycles. The number of esters is 1. The van der Waals surface area contributed by atoms with Gasteiger partial charge in [-0.15, -0.1) is 0 Å². The Labute approximate surface area is 349 Å². The summed E-state index contributed by atoms with van der Waals surface area (Å²) >= 11 is 0. The third-order valence-corrected chi connectivity index (χ3v) is 10.6. The van der Waals surface area contributed by atoms with Crippen molar-refractivity contribution >= 4 is 5.97 Å². The number of methoxy groups -OCH3 is 1. The number of hydrogen-bond acceptors (Lipinski definition) is 9. The molecule has 1 heterocycles. The largest absolute Gasteiger partial charge is 0.454 e. The maximum atomic E-state index is 12.6. The van der Waals surface area contributed by atoms with Crippen LogP contribution in [0.2, 0.25) is 0 Å². The molecule has 1 saturated heterocycles. The highest BCUT2D eigenvalue weighted by atomic mass is 16.7. The molecule has 0 amide bonds. The van der Waals surface area contributed by atoms with Crippen LogP contribution in [0, 0.1) is 0 Å². The van der Waals surface area contributed by atoms with Gasteiger partial charge in [0.25, 0.3) is 0 Å². The lowest BCUT2D eigenvalue weighted by molar-refractivity contribution is -0.324. The Morgan fingerprint density at radius 1 is 0.569 bits per heavy atom. The molecule has 0 spiro atoms. The molecule has 9 heteroatoms. The molecule has 322 valence electrons. The van der Waals surface area contributed by atoms with E-state index in [0.717, 1.165) is 29.5 Å². The molecule has 9 nitrogen and oxygen atoms in total. The van der Waals surface area contributed by atoms with Crippen molar-refractivity contribution in [1.82, 2.24) is 0 Å². The van der Waals surface area contributed by atoms with Gasteiger partial charge in [0.15, 0.2) is 12.4 Å². The van der Waals surface area contributed by atoms with E-state index < -0.39 is 36.7 Å². The summed E-state index contributed by atoms with van der Waals surface area (Å²) in [7, 11) is 1.65. The minimum absolute atomic E-state index is 0.163. The first-order valence-electron chi connectivity index (χ1n) is 22.0. The van der Waals surface area contributed by atoms with Crippen LogP contribution in [0.1, 0.15) is 120 Å². The van der Waals surface area contributed by atoms with Gasteiger partial charge in [-0.1, -0.05) is 181 Å². The number of benzene rings is 3. The van der Waals surface area contributed by atoms with Crippen LogP contribution < -0.4 is 0 Å². The molecule has 0 N–H and O–H groups in total. The van der Waals surface area contributed by atoms with Crippen LogP contribution in [-0.2, 0) is 62.5 Å². The lowest BCUT2D eigenvalue weighted by Gasteiger charge is -2.45. The summed E-state index contributed by atoms with van der Waals surface area (Å²) in [6.45, 7) is 6.02. The molecule has 0 aliphatic carbocycles. The van der Waals surface area contributed by atoms with E-state index in [1.807, 2.05) is 91.0 Å². The number of ether oxygens (including phenoxy) is 8. The van der Waals surface area contributed by atoms with Gasteiger partial charge >= 0.3 is 5.97 Å². The highest BCUT2D eigenvalue weighted by molar-refractivity contribution is 5.66. The third-order valence-electron chi connectivity index (χ3n) is 10.6. The van der Waals surface area contributed by atoms with E-state index in [1.54, 1.807) is 7.11 Å². The fourth-order valence-electron chi connectivity index (χ4n) is 7.26. The molecule has 1 aliphatic rings. The molecular weight excluding hydrogens is 733 g/mol. The molecular formula is C49H72O9. The second-order valence-electron chi connectivity index (χ2n) is 15.5. The molecule has 0 aromatic heterocycles. The second-order valence-corrected chi connectivity index (χ2v) is 15.5. The Kier molecular flexibility index (Phi) is 24.6. The monoisotopic (exact) mass is 805 g/mol. The van der Waals surface area contributed by atoms with E-state index >= 15 is 0 Å². The minimum Gasteiger partial charge on any atom is -0.454 e. The first-order chi connectivity index (χ1) is 28.6. The van der Waals surface area contributed by atoms with Crippen molar-refractivity contribution in [2.45, 2.75) is 160 Å². The van der Waals surface area contributed by atoms with Crippen molar-refractivity contribution in [1.29, 1.82) is 0 Å². The van der Waals surface area contributed by atoms with Crippen molar-refractivity contribution in [3.05, 3.63) is 108 Å². The van der Waals surface area contributed by atoms with Crippen molar-refractivity contribution < 1.29 is 42.7 Å². The van der Waals surface area contributed by atoms with Crippen molar-refractivity contribution in [3.63, 3.8) is 0 Å². The summed E-state index contributed by atoms with van der Waals surface area (Å²) in [5.41, 5.74) is 3.01. The average Bonchev–Trinajstić information content (AvgIpc) is 3.25. The number of carbonyl (C=O) groups is 1. The van der Waals surface area contributed by atoms with Crippen LogP contribution in [0.3, 0.4) is 0 Å². The summed E-state index contributed by atoms with van der Waals surface area (Å²) in [4.78, 5) is 12.6. The summed E-state index contributed by atoms with van der Waals surface area (Å²) in [5, 5.41) is 0. The van der Waals surface area contributed by atoms with Crippen LogP contribution >= 0.6 is 0 Å². The number of carbonyl (C=O) groups excluding carboxylic acids is 1. The molecule has 0 unspecified atom stereocenters. The molecule has 0 saturated carbocycles. The summed E-state index contributed by atoms with van der Waals surface area (Å²) in [6, 6.07) is 29.8. The zero-order valence-electron chi connectivity index (χ0n) is 35.6. The van der Waals surface area contributed by atoms with E-state index in [1.165, 1.54) is 84.0 Å². The van der Waals surface area contributed by atoms with Crippen LogP contribution in [0.15, 0.2) is 91.0 Å². The van der Waals surface area contributed by atoms with E-state index in [9.17, 15) is 4.79 Å². The van der Waals surface area contributed by atoms with E-state index in [4.69, 9.17) is 37.9 Å². The SMILES string of the molecule is CCCCCCCCCCCCCCCCOC[C@H](CO[C@@H]1O[C@H](COCc2ccccc2)[C@@H](OCc2ccccc2)[C@H](OCc2ccccc2)[C@H]1OC(C)=O)OC. The predicted octanol–water partition coefficient (Wildman–Crippen LogP) is 10.6. The summed E-state index contributed by atoms with van der Waals surface area (Å²) < 4.78 is 50.3. The fourth-order valence-corrected chi connectivity index (χ4v) is 7.26. The highest BCUT2D eigenvalue weighted by Crippen LogP contribution is 2.31. The number of hydrogen-bond donors (Lipinski definition) is 0. The lowest BCUT2D eigenvalue weighted by Crippen LogP contribution is -2.62. The Hall–Kier alpha value is -3.15. The molecule has 6 atom stereocenters. The Morgan fingerprint density at radius 2 is 1.05 bits per heavy atom. The lowest BCUT2D eigenvalue weighted by atomic mass is 9.97. The molecule has 0 bridgehead atoms. The van der Waals surface area contributed by atoms with Crippen LogP contribution in [0.4, 0.5) is 0 Å². The quantitative estimate of drug-likeness (QED) is 0.0452. The van der Waals surface area contributed by atoms with Gasteiger partial charge in [-0.2, -0.15) is 0 Å². The molecule has 58 heavy (non-hydrogen) atoms. The van der Waals surface area contributed by atoms with Gasteiger partial charge in [0.2, 0.25) is 0 Å². The molecule has 3 aromatic carbocycles. The molecule has 4 rings (SSSR count). The smallest absolute Gasteiger partial charge is 0.303 e. The average molecular weight is 805 g/mol. The summed E-state index contributed by atoms with van der Waals surface area (Å²) in [5.74, 6) is -0.476. The normalized spacial score (nSPS) is 19.9. The standard InChI is InChI=1S/C49H72O9/c1-4-5-6-7-8-9-10-11-12-13-14-15-16-26-33-52-37-44(51-3)38-56-49-48(57-40(2)50)47(55-36-43-31-24-19-25-32-43)46(54-35-42-29-22-18-23-30-42)45(58-49)39-53-34-41-27-20-17-21-28-41/h17-25,27-32,44-49H,4-16,26,33-39H2,1-3H3/t44-,45-,46-,47+,48-,49-/m1/s1. The number of unbranched alkanes of at least 4 members (excludes halogenated alkanes) is 13. The zero-order valence-corrected chi connectivity index (χ0v) is 35.6. The maximum absolute atomic E-state index is 12.6. The third kappa shape index (κ3) is 19.3.